The Bertz CT molecular complexity index is 330. The molecule has 0 radical (unpaired) electrons. The largest absolute Gasteiger partial charge is 0.369 e. The molecule has 4 nitrogen and oxygen atoms in total. The Balaban J connectivity index is 1.52. The first-order valence-electron chi connectivity index (χ1n) is 8.13. The van der Waals surface area contributed by atoms with E-state index in [2.05, 4.69) is 22.4 Å². The Morgan fingerprint density at radius 1 is 1.35 bits per heavy atom. The number of likely N-dealkylation sites (tertiary alicyclic amines) is 1. The molecule has 3 N–H and O–H groups in total. The Hall–Kier alpha value is -0.870. The second-order valence-electron chi connectivity index (χ2n) is 6.25. The molecule has 2 aliphatic rings. The Labute approximate surface area is 122 Å². The van der Waals surface area contributed by atoms with E-state index in [1.54, 1.807) is 0 Å². The number of rotatable bonds is 7. The molecular weight excluding hydrogens is 250 g/mol. The molecular formula is C16H29N3O. The number of nitrogens with two attached hydrogens (primary N) is 1. The van der Waals surface area contributed by atoms with E-state index in [1.807, 2.05) is 0 Å². The Morgan fingerprint density at radius 2 is 2.25 bits per heavy atom. The number of allylic oxidation sites excluding steroid dienone is 2. The second kappa shape index (κ2) is 8.42. The van der Waals surface area contributed by atoms with Crippen LogP contribution >= 0.6 is 0 Å². The summed E-state index contributed by atoms with van der Waals surface area (Å²) in [5.74, 6) is 0.776. The number of hydrogen-bond donors (Lipinski definition) is 2. The fraction of sp³-hybridized carbons (Fsp3) is 0.812. The van der Waals surface area contributed by atoms with Gasteiger partial charge in [0.1, 0.15) is 0 Å². The van der Waals surface area contributed by atoms with E-state index < -0.39 is 0 Å². The van der Waals surface area contributed by atoms with Crippen molar-refractivity contribution in [3.8, 4) is 0 Å². The van der Waals surface area contributed by atoms with Crippen molar-refractivity contribution < 1.29 is 4.79 Å². The number of carbonyl (C=O) groups is 1. The Morgan fingerprint density at radius 3 is 3.00 bits per heavy atom. The van der Waals surface area contributed by atoms with Gasteiger partial charge < -0.3 is 16.0 Å². The lowest BCUT2D eigenvalue weighted by Gasteiger charge is -2.31. The zero-order chi connectivity index (χ0) is 14.2. The lowest BCUT2D eigenvalue weighted by molar-refractivity contribution is -0.123. The van der Waals surface area contributed by atoms with Crippen LogP contribution in [-0.2, 0) is 4.79 Å². The summed E-state index contributed by atoms with van der Waals surface area (Å²) in [5.41, 5.74) is 5.40. The van der Waals surface area contributed by atoms with E-state index in [4.69, 9.17) is 5.73 Å². The van der Waals surface area contributed by atoms with E-state index in [0.29, 0.717) is 0 Å². The molecule has 4 heteroatoms. The molecule has 2 rings (SSSR count). The average Bonchev–Trinajstić information content (AvgIpc) is 2.48. The molecule has 2 unspecified atom stereocenters. The van der Waals surface area contributed by atoms with Crippen molar-refractivity contribution in [1.29, 1.82) is 0 Å². The second-order valence-corrected chi connectivity index (χ2v) is 6.25. The van der Waals surface area contributed by atoms with Gasteiger partial charge in [-0.2, -0.15) is 0 Å². The first-order chi connectivity index (χ1) is 9.75. The van der Waals surface area contributed by atoms with Gasteiger partial charge in [-0.05, 0) is 70.6 Å². The average molecular weight is 279 g/mol. The molecule has 1 heterocycles. The van der Waals surface area contributed by atoms with Crippen LogP contribution in [0.4, 0.5) is 0 Å². The minimum atomic E-state index is -0.127. The fourth-order valence-corrected chi connectivity index (χ4v) is 3.27. The summed E-state index contributed by atoms with van der Waals surface area (Å²) < 4.78 is 0. The summed E-state index contributed by atoms with van der Waals surface area (Å²) in [7, 11) is 0. The SMILES string of the molecule is NC(=O)C1CCCN(CCCNCC2CC=CCC2)C1. The van der Waals surface area contributed by atoms with Gasteiger partial charge in [0.25, 0.3) is 0 Å². The predicted octanol–water partition coefficient (Wildman–Crippen LogP) is 1.52. The molecule has 0 bridgehead atoms. The molecule has 0 aromatic carbocycles. The summed E-state index contributed by atoms with van der Waals surface area (Å²) in [6.45, 7) is 5.30. The van der Waals surface area contributed by atoms with E-state index >= 15 is 0 Å². The number of nitrogens with one attached hydrogen (secondary N) is 1. The molecule has 1 fully saturated rings. The van der Waals surface area contributed by atoms with Crippen molar-refractivity contribution in [2.24, 2.45) is 17.6 Å². The van der Waals surface area contributed by atoms with Gasteiger partial charge in [0.15, 0.2) is 0 Å². The van der Waals surface area contributed by atoms with Crippen LogP contribution in [0.3, 0.4) is 0 Å². The van der Waals surface area contributed by atoms with E-state index in [-0.39, 0.29) is 11.8 Å². The number of carbonyl (C=O) groups excluding carboxylic acids is 1. The van der Waals surface area contributed by atoms with Gasteiger partial charge in [-0.25, -0.2) is 0 Å². The topological polar surface area (TPSA) is 58.4 Å². The first-order valence-corrected chi connectivity index (χ1v) is 8.13. The van der Waals surface area contributed by atoms with E-state index in [9.17, 15) is 4.79 Å². The molecule has 114 valence electrons. The van der Waals surface area contributed by atoms with Gasteiger partial charge in [-0.1, -0.05) is 12.2 Å². The van der Waals surface area contributed by atoms with Crippen LogP contribution in [0, 0.1) is 11.8 Å². The van der Waals surface area contributed by atoms with Crippen molar-refractivity contribution in [3.05, 3.63) is 12.2 Å². The normalized spacial score (nSPS) is 27.6. The van der Waals surface area contributed by atoms with Gasteiger partial charge in [0, 0.05) is 6.54 Å². The third-order valence-electron chi connectivity index (χ3n) is 4.55. The quantitative estimate of drug-likeness (QED) is 0.549. The lowest BCUT2D eigenvalue weighted by Crippen LogP contribution is -2.42. The summed E-state index contributed by atoms with van der Waals surface area (Å²) in [6, 6.07) is 0. The van der Waals surface area contributed by atoms with Crippen LogP contribution in [0.1, 0.15) is 38.5 Å². The minimum absolute atomic E-state index is 0.0748. The molecule has 0 aromatic heterocycles. The van der Waals surface area contributed by atoms with Gasteiger partial charge in [-0.15, -0.1) is 0 Å². The highest BCUT2D eigenvalue weighted by molar-refractivity contribution is 5.76. The fourth-order valence-electron chi connectivity index (χ4n) is 3.27. The number of nitrogens with zero attached hydrogens (tertiary/aromatic N) is 1. The van der Waals surface area contributed by atoms with E-state index in [0.717, 1.165) is 57.9 Å². The van der Waals surface area contributed by atoms with Crippen molar-refractivity contribution in [2.75, 3.05) is 32.7 Å². The highest BCUT2D eigenvalue weighted by atomic mass is 16.1. The molecule has 0 saturated carbocycles. The maximum atomic E-state index is 11.2. The highest BCUT2D eigenvalue weighted by Gasteiger charge is 2.23. The minimum Gasteiger partial charge on any atom is -0.369 e. The molecule has 0 aromatic rings. The smallest absolute Gasteiger partial charge is 0.221 e. The van der Waals surface area contributed by atoms with Crippen LogP contribution in [0.25, 0.3) is 0 Å². The maximum Gasteiger partial charge on any atom is 0.221 e. The Kier molecular flexibility index (Phi) is 6.54. The molecule has 1 aliphatic carbocycles. The van der Waals surface area contributed by atoms with Crippen molar-refractivity contribution in [1.82, 2.24) is 10.2 Å². The first kappa shape index (κ1) is 15.5. The molecule has 1 saturated heterocycles. The monoisotopic (exact) mass is 279 g/mol. The third-order valence-corrected chi connectivity index (χ3v) is 4.55. The van der Waals surface area contributed by atoms with Gasteiger partial charge in [-0.3, -0.25) is 4.79 Å². The van der Waals surface area contributed by atoms with Gasteiger partial charge in [0.2, 0.25) is 5.91 Å². The van der Waals surface area contributed by atoms with Crippen LogP contribution in [0.15, 0.2) is 12.2 Å². The summed E-state index contributed by atoms with van der Waals surface area (Å²) in [4.78, 5) is 13.6. The zero-order valence-corrected chi connectivity index (χ0v) is 12.5. The van der Waals surface area contributed by atoms with Crippen LogP contribution in [0.5, 0.6) is 0 Å². The third kappa shape index (κ3) is 5.25. The molecule has 20 heavy (non-hydrogen) atoms. The number of amides is 1. The molecule has 1 aliphatic heterocycles. The van der Waals surface area contributed by atoms with E-state index in [1.165, 1.54) is 19.3 Å². The standard InChI is InChI=1S/C16H29N3O/c17-16(20)15-8-4-10-19(13-15)11-5-9-18-12-14-6-2-1-3-7-14/h1-2,14-15,18H,3-13H2,(H2,17,20). The van der Waals surface area contributed by atoms with Crippen molar-refractivity contribution >= 4 is 5.91 Å². The predicted molar refractivity (Wildman–Crippen MR) is 82.3 cm³/mol. The number of primary amides is 1. The van der Waals surface area contributed by atoms with Crippen LogP contribution < -0.4 is 11.1 Å². The maximum absolute atomic E-state index is 11.2. The molecule has 1 amide bonds. The number of piperidine rings is 1. The van der Waals surface area contributed by atoms with Gasteiger partial charge >= 0.3 is 0 Å². The lowest BCUT2D eigenvalue weighted by atomic mass is 9.94. The summed E-state index contributed by atoms with van der Waals surface area (Å²) in [5, 5.41) is 3.58. The van der Waals surface area contributed by atoms with Crippen LogP contribution in [0.2, 0.25) is 0 Å². The van der Waals surface area contributed by atoms with Gasteiger partial charge in [0.05, 0.1) is 5.92 Å². The van der Waals surface area contributed by atoms with Crippen molar-refractivity contribution in [2.45, 2.75) is 38.5 Å². The van der Waals surface area contributed by atoms with Crippen molar-refractivity contribution in [3.63, 3.8) is 0 Å². The van der Waals surface area contributed by atoms with Crippen LogP contribution in [-0.4, -0.2) is 43.5 Å². The highest BCUT2D eigenvalue weighted by Crippen LogP contribution is 2.17. The molecule has 0 spiro atoms. The zero-order valence-electron chi connectivity index (χ0n) is 12.5. The number of hydrogen-bond acceptors (Lipinski definition) is 3. The molecule has 2 atom stereocenters. The summed E-state index contributed by atoms with van der Waals surface area (Å²) in [6.07, 6.45) is 11.7. The summed E-state index contributed by atoms with van der Waals surface area (Å²) >= 11 is 0.